The van der Waals surface area contributed by atoms with Crippen molar-refractivity contribution >= 4 is 23.0 Å². The van der Waals surface area contributed by atoms with Gasteiger partial charge in [0.15, 0.2) is 0 Å². The van der Waals surface area contributed by atoms with E-state index in [1.165, 1.54) is 0 Å². The van der Waals surface area contributed by atoms with Crippen LogP contribution in [0.2, 0.25) is 0 Å². The smallest absolute Gasteiger partial charge is 0.267 e. The molecule has 0 aliphatic rings. The fourth-order valence-electron chi connectivity index (χ4n) is 2.05. The monoisotopic (exact) mass is 275 g/mol. The van der Waals surface area contributed by atoms with Crippen molar-refractivity contribution in [3.63, 3.8) is 0 Å². The first-order chi connectivity index (χ1) is 10.3. The highest BCUT2D eigenvalue weighted by atomic mass is 16.2. The number of amides is 1. The summed E-state index contributed by atoms with van der Waals surface area (Å²) < 4.78 is 0. The van der Waals surface area contributed by atoms with Crippen LogP contribution in [-0.4, -0.2) is 17.1 Å². The van der Waals surface area contributed by atoms with E-state index in [-0.39, 0.29) is 5.91 Å². The third-order valence-corrected chi connectivity index (χ3v) is 3.07. The third kappa shape index (κ3) is 2.95. The van der Waals surface area contributed by atoms with Crippen LogP contribution in [0.25, 0.3) is 10.9 Å². The first-order valence-electron chi connectivity index (χ1n) is 6.57. The van der Waals surface area contributed by atoms with Crippen LogP contribution in [0.3, 0.4) is 0 Å². The van der Waals surface area contributed by atoms with Gasteiger partial charge in [-0.3, -0.25) is 9.78 Å². The Morgan fingerprint density at radius 1 is 1.00 bits per heavy atom. The zero-order valence-electron chi connectivity index (χ0n) is 11.2. The van der Waals surface area contributed by atoms with E-state index in [0.717, 1.165) is 16.5 Å². The lowest BCUT2D eigenvalue weighted by Crippen LogP contribution is -2.17. The molecule has 0 spiro atoms. The summed E-state index contributed by atoms with van der Waals surface area (Å²) in [5.41, 5.74) is 4.81. The molecule has 0 unspecified atom stereocenters. The van der Waals surface area contributed by atoms with Crippen molar-refractivity contribution in [3.05, 3.63) is 78.0 Å². The fourth-order valence-corrected chi connectivity index (χ4v) is 2.05. The number of para-hydroxylation sites is 1. The molecule has 0 bridgehead atoms. The highest BCUT2D eigenvalue weighted by molar-refractivity contribution is 5.98. The quantitative estimate of drug-likeness (QED) is 0.590. The van der Waals surface area contributed by atoms with E-state index < -0.39 is 0 Å². The first kappa shape index (κ1) is 13.0. The molecule has 1 N–H and O–H groups in total. The van der Waals surface area contributed by atoms with Crippen molar-refractivity contribution in [2.75, 3.05) is 0 Å². The molecule has 3 rings (SSSR count). The number of hydrogen-bond acceptors (Lipinski definition) is 3. The number of hydrogen-bond donors (Lipinski definition) is 1. The lowest BCUT2D eigenvalue weighted by Gasteiger charge is -2.01. The second-order valence-corrected chi connectivity index (χ2v) is 4.49. The van der Waals surface area contributed by atoms with Crippen LogP contribution in [0.4, 0.5) is 0 Å². The lowest BCUT2D eigenvalue weighted by molar-refractivity contribution is 0.0955. The number of hydrazone groups is 1. The summed E-state index contributed by atoms with van der Waals surface area (Å²) in [5.74, 6) is -0.236. The maximum absolute atomic E-state index is 11.9. The van der Waals surface area contributed by atoms with Crippen LogP contribution < -0.4 is 5.43 Å². The van der Waals surface area contributed by atoms with Crippen molar-refractivity contribution in [2.45, 2.75) is 0 Å². The summed E-state index contributed by atoms with van der Waals surface area (Å²) >= 11 is 0. The molecule has 102 valence electrons. The van der Waals surface area contributed by atoms with Crippen molar-refractivity contribution in [1.82, 2.24) is 10.4 Å². The first-order valence-corrected chi connectivity index (χ1v) is 6.57. The van der Waals surface area contributed by atoms with E-state index in [9.17, 15) is 4.79 Å². The maximum atomic E-state index is 11.9. The van der Waals surface area contributed by atoms with Gasteiger partial charge in [0.25, 0.3) is 5.91 Å². The molecule has 4 heteroatoms. The predicted octanol–water partition coefficient (Wildman–Crippen LogP) is 3.00. The Kier molecular flexibility index (Phi) is 3.69. The number of nitrogens with one attached hydrogen (secondary N) is 1. The summed E-state index contributed by atoms with van der Waals surface area (Å²) in [5, 5.41) is 5.04. The standard InChI is InChI=1S/C17H13N3O/c21-17(14-6-2-1-3-7-14)20-19-12-15-9-4-8-13-10-5-11-18-16(13)15/h1-12H,(H,20,21)/b19-12-. The van der Waals surface area contributed by atoms with Crippen molar-refractivity contribution in [1.29, 1.82) is 0 Å². The highest BCUT2D eigenvalue weighted by Gasteiger charge is 2.02. The van der Waals surface area contributed by atoms with Crippen molar-refractivity contribution in [2.24, 2.45) is 5.10 Å². The molecule has 3 aromatic rings. The molecule has 4 nitrogen and oxygen atoms in total. The van der Waals surface area contributed by atoms with E-state index in [1.807, 2.05) is 48.5 Å². The van der Waals surface area contributed by atoms with Gasteiger partial charge in [-0.2, -0.15) is 5.10 Å². The van der Waals surface area contributed by atoms with Crippen LogP contribution >= 0.6 is 0 Å². The Hall–Kier alpha value is -3.01. The molecule has 1 amide bonds. The van der Waals surface area contributed by atoms with Gasteiger partial charge in [-0.1, -0.05) is 42.5 Å². The second-order valence-electron chi connectivity index (χ2n) is 4.49. The number of carbonyl (C=O) groups excluding carboxylic acids is 1. The van der Waals surface area contributed by atoms with Gasteiger partial charge in [0, 0.05) is 22.7 Å². The molecule has 0 aliphatic carbocycles. The van der Waals surface area contributed by atoms with Gasteiger partial charge in [-0.15, -0.1) is 0 Å². The zero-order chi connectivity index (χ0) is 14.5. The summed E-state index contributed by atoms with van der Waals surface area (Å²) in [6.45, 7) is 0. The Morgan fingerprint density at radius 3 is 2.67 bits per heavy atom. The Morgan fingerprint density at radius 2 is 1.81 bits per heavy atom. The summed E-state index contributed by atoms with van der Waals surface area (Å²) in [4.78, 5) is 16.2. The molecular formula is C17H13N3O. The molecule has 0 aliphatic heterocycles. The van der Waals surface area contributed by atoms with E-state index in [0.29, 0.717) is 5.56 Å². The molecule has 1 heterocycles. The minimum Gasteiger partial charge on any atom is -0.267 e. The summed E-state index contributed by atoms with van der Waals surface area (Å²) in [7, 11) is 0. The SMILES string of the molecule is O=C(N/N=C\c1cccc2cccnc12)c1ccccc1. The fraction of sp³-hybridized carbons (Fsp3) is 0. The number of benzene rings is 2. The minimum absolute atomic E-state index is 0.236. The molecule has 0 fully saturated rings. The van der Waals surface area contributed by atoms with Crippen LogP contribution in [0.15, 0.2) is 72.0 Å². The van der Waals surface area contributed by atoms with Crippen LogP contribution in [0.1, 0.15) is 15.9 Å². The molecular weight excluding hydrogens is 262 g/mol. The average molecular weight is 275 g/mol. The predicted molar refractivity (Wildman–Crippen MR) is 83.2 cm³/mol. The van der Waals surface area contributed by atoms with Crippen LogP contribution in [0, 0.1) is 0 Å². The van der Waals surface area contributed by atoms with Crippen LogP contribution in [-0.2, 0) is 0 Å². The number of rotatable bonds is 3. The van der Waals surface area contributed by atoms with Crippen LogP contribution in [0.5, 0.6) is 0 Å². The minimum atomic E-state index is -0.236. The number of nitrogens with zero attached hydrogens (tertiary/aromatic N) is 2. The molecule has 0 radical (unpaired) electrons. The highest BCUT2D eigenvalue weighted by Crippen LogP contribution is 2.13. The van der Waals surface area contributed by atoms with Gasteiger partial charge in [0.05, 0.1) is 11.7 Å². The summed E-state index contributed by atoms with van der Waals surface area (Å²) in [6.07, 6.45) is 3.35. The molecule has 1 aromatic heterocycles. The van der Waals surface area contributed by atoms with Crippen molar-refractivity contribution < 1.29 is 4.79 Å². The van der Waals surface area contributed by atoms with E-state index >= 15 is 0 Å². The number of carbonyl (C=O) groups is 1. The average Bonchev–Trinajstić information content (AvgIpc) is 2.56. The number of aromatic nitrogens is 1. The van der Waals surface area contributed by atoms with Gasteiger partial charge < -0.3 is 0 Å². The second kappa shape index (κ2) is 5.96. The van der Waals surface area contributed by atoms with E-state index in [2.05, 4.69) is 15.5 Å². The number of pyridine rings is 1. The lowest BCUT2D eigenvalue weighted by atomic mass is 10.1. The zero-order valence-corrected chi connectivity index (χ0v) is 11.2. The normalized spacial score (nSPS) is 10.9. The third-order valence-electron chi connectivity index (χ3n) is 3.07. The topological polar surface area (TPSA) is 54.4 Å². The van der Waals surface area contributed by atoms with Gasteiger partial charge in [0.1, 0.15) is 0 Å². The van der Waals surface area contributed by atoms with Gasteiger partial charge in [-0.25, -0.2) is 5.43 Å². The molecule has 21 heavy (non-hydrogen) atoms. The van der Waals surface area contributed by atoms with E-state index in [4.69, 9.17) is 0 Å². The van der Waals surface area contributed by atoms with E-state index in [1.54, 1.807) is 24.5 Å². The van der Waals surface area contributed by atoms with Gasteiger partial charge in [-0.05, 0) is 18.2 Å². The Balaban J connectivity index is 1.78. The molecule has 0 atom stereocenters. The van der Waals surface area contributed by atoms with Gasteiger partial charge in [0.2, 0.25) is 0 Å². The molecule has 2 aromatic carbocycles. The summed E-state index contributed by atoms with van der Waals surface area (Å²) in [6, 6.07) is 18.7. The van der Waals surface area contributed by atoms with Crippen molar-refractivity contribution in [3.8, 4) is 0 Å². The Bertz CT molecular complexity index is 792. The molecule has 0 saturated heterocycles. The number of fused-ring (bicyclic) bond motifs is 1. The molecule has 0 saturated carbocycles. The van der Waals surface area contributed by atoms with Gasteiger partial charge >= 0.3 is 0 Å². The maximum Gasteiger partial charge on any atom is 0.271 e. The largest absolute Gasteiger partial charge is 0.271 e. The Labute approximate surface area is 122 Å².